The molecule has 3 rings (SSSR count). The molecule has 0 saturated heterocycles. The number of pyridine rings is 1. The molecule has 26 heavy (non-hydrogen) atoms. The highest BCUT2D eigenvalue weighted by Gasteiger charge is 2.08. The molecule has 1 aliphatic rings. The summed E-state index contributed by atoms with van der Waals surface area (Å²) in [5, 5.41) is 3.40. The van der Waals surface area contributed by atoms with E-state index in [2.05, 4.69) is 45.4 Å². The Hall–Kier alpha value is -2.43. The number of nitrogens with zero attached hydrogens (tertiary/aromatic N) is 4. The Labute approximate surface area is 156 Å². The number of nitrogens with one attached hydrogen (secondary N) is 1. The lowest BCUT2D eigenvalue weighted by Gasteiger charge is -2.19. The van der Waals surface area contributed by atoms with Crippen LogP contribution in [0.4, 0.5) is 11.8 Å². The van der Waals surface area contributed by atoms with Gasteiger partial charge in [0.1, 0.15) is 5.82 Å². The van der Waals surface area contributed by atoms with Gasteiger partial charge < -0.3 is 10.2 Å². The van der Waals surface area contributed by atoms with Gasteiger partial charge in [-0.05, 0) is 63.1 Å². The molecule has 0 spiro atoms. The van der Waals surface area contributed by atoms with Crippen molar-refractivity contribution in [3.8, 4) is 0 Å². The van der Waals surface area contributed by atoms with Crippen molar-refractivity contribution >= 4 is 11.8 Å². The van der Waals surface area contributed by atoms with E-state index >= 15 is 0 Å². The summed E-state index contributed by atoms with van der Waals surface area (Å²) < 4.78 is 0. The summed E-state index contributed by atoms with van der Waals surface area (Å²) >= 11 is 0. The Morgan fingerprint density at radius 3 is 2.73 bits per heavy atom. The molecule has 138 valence electrons. The lowest BCUT2D eigenvalue weighted by atomic mass is 9.97. The van der Waals surface area contributed by atoms with E-state index in [4.69, 9.17) is 4.98 Å². The van der Waals surface area contributed by atoms with Crippen LogP contribution < -0.4 is 10.2 Å². The molecule has 2 aromatic rings. The van der Waals surface area contributed by atoms with Gasteiger partial charge in [-0.15, -0.1) is 0 Å². The molecule has 5 nitrogen and oxygen atoms in total. The molecule has 0 amide bonds. The third kappa shape index (κ3) is 5.55. The van der Waals surface area contributed by atoms with Crippen molar-refractivity contribution < 1.29 is 0 Å². The van der Waals surface area contributed by atoms with Crippen LogP contribution in [0.15, 0.2) is 42.2 Å². The molecule has 0 aromatic carbocycles. The van der Waals surface area contributed by atoms with Crippen LogP contribution >= 0.6 is 0 Å². The van der Waals surface area contributed by atoms with Gasteiger partial charge in [0.2, 0.25) is 5.95 Å². The zero-order chi connectivity index (χ0) is 18.2. The van der Waals surface area contributed by atoms with Crippen LogP contribution in [0.3, 0.4) is 0 Å². The number of likely N-dealkylation sites (N-methyl/N-ethyl adjacent to an activating group) is 1. The minimum atomic E-state index is 0.729. The van der Waals surface area contributed by atoms with Crippen LogP contribution in [0.25, 0.3) is 0 Å². The Morgan fingerprint density at radius 1 is 1.12 bits per heavy atom. The summed E-state index contributed by atoms with van der Waals surface area (Å²) in [4.78, 5) is 15.5. The van der Waals surface area contributed by atoms with Crippen molar-refractivity contribution in [3.05, 3.63) is 53.5 Å². The molecular formula is C21H29N5. The molecule has 0 atom stereocenters. The maximum atomic E-state index is 4.70. The Kier molecular flexibility index (Phi) is 6.58. The third-order valence-corrected chi connectivity index (χ3v) is 4.83. The predicted molar refractivity (Wildman–Crippen MR) is 108 cm³/mol. The Bertz CT molecular complexity index is 726. The average Bonchev–Trinajstić information content (AvgIpc) is 2.67. The average molecular weight is 351 g/mol. The second-order valence-corrected chi connectivity index (χ2v) is 7.00. The van der Waals surface area contributed by atoms with E-state index in [0.29, 0.717) is 0 Å². The molecule has 0 bridgehead atoms. The van der Waals surface area contributed by atoms with Crippen LogP contribution in [-0.2, 0) is 6.42 Å². The van der Waals surface area contributed by atoms with Gasteiger partial charge in [0.05, 0.1) is 0 Å². The third-order valence-electron chi connectivity index (χ3n) is 4.83. The molecule has 2 heterocycles. The number of aromatic nitrogens is 3. The fraction of sp³-hybridized carbons (Fsp3) is 0.476. The lowest BCUT2D eigenvalue weighted by molar-refractivity contribution is 0.679. The molecule has 0 radical (unpaired) electrons. The standard InChI is InChI=1S/C21H29N5/c1-17-16-20(26(2)15-11-19-8-12-22-13-9-19)25-21(24-17)23-14-10-18-6-4-3-5-7-18/h6,8-9,12-13,16H,3-5,7,10-11,14-15H2,1-2H3,(H,23,24,25). The zero-order valence-corrected chi connectivity index (χ0v) is 15.9. The van der Waals surface area contributed by atoms with Crippen LogP contribution in [0.5, 0.6) is 0 Å². The van der Waals surface area contributed by atoms with E-state index in [9.17, 15) is 0 Å². The highest BCUT2D eigenvalue weighted by atomic mass is 15.2. The summed E-state index contributed by atoms with van der Waals surface area (Å²) in [6.07, 6.45) is 13.3. The maximum Gasteiger partial charge on any atom is 0.224 e. The molecule has 0 fully saturated rings. The summed E-state index contributed by atoms with van der Waals surface area (Å²) in [6.45, 7) is 3.83. The molecule has 2 aromatic heterocycles. The number of anilines is 2. The first-order valence-corrected chi connectivity index (χ1v) is 9.58. The molecule has 0 aliphatic heterocycles. The van der Waals surface area contributed by atoms with Gasteiger partial charge in [-0.1, -0.05) is 11.6 Å². The van der Waals surface area contributed by atoms with Crippen molar-refractivity contribution in [2.45, 2.75) is 45.4 Å². The van der Waals surface area contributed by atoms with Gasteiger partial charge in [0.15, 0.2) is 0 Å². The zero-order valence-electron chi connectivity index (χ0n) is 15.9. The predicted octanol–water partition coefficient (Wildman–Crippen LogP) is 4.16. The van der Waals surface area contributed by atoms with Crippen molar-refractivity contribution in [1.82, 2.24) is 15.0 Å². The fourth-order valence-electron chi connectivity index (χ4n) is 3.25. The quantitative estimate of drug-likeness (QED) is 0.724. The van der Waals surface area contributed by atoms with Gasteiger partial charge in [-0.3, -0.25) is 4.98 Å². The summed E-state index contributed by atoms with van der Waals surface area (Å²) in [7, 11) is 2.08. The van der Waals surface area contributed by atoms with E-state index in [1.165, 1.54) is 31.2 Å². The number of allylic oxidation sites excluding steroid dienone is 1. The number of hydrogen-bond donors (Lipinski definition) is 1. The van der Waals surface area contributed by atoms with E-state index in [1.54, 1.807) is 5.57 Å². The number of aryl methyl sites for hydroxylation is 1. The molecule has 0 saturated carbocycles. The smallest absolute Gasteiger partial charge is 0.224 e. The van der Waals surface area contributed by atoms with Gasteiger partial charge >= 0.3 is 0 Å². The maximum absolute atomic E-state index is 4.70. The summed E-state index contributed by atoms with van der Waals surface area (Å²) in [5.74, 6) is 1.69. The number of rotatable bonds is 8. The van der Waals surface area contributed by atoms with Gasteiger partial charge in [-0.25, -0.2) is 4.98 Å². The Morgan fingerprint density at radius 2 is 1.96 bits per heavy atom. The second-order valence-electron chi connectivity index (χ2n) is 7.00. The molecule has 0 unspecified atom stereocenters. The largest absolute Gasteiger partial charge is 0.359 e. The van der Waals surface area contributed by atoms with Gasteiger partial charge in [0, 0.05) is 44.3 Å². The van der Waals surface area contributed by atoms with E-state index < -0.39 is 0 Å². The van der Waals surface area contributed by atoms with Crippen molar-refractivity contribution in [2.75, 3.05) is 30.4 Å². The molecular weight excluding hydrogens is 322 g/mol. The highest BCUT2D eigenvalue weighted by molar-refractivity contribution is 5.44. The Balaban J connectivity index is 1.55. The first-order valence-electron chi connectivity index (χ1n) is 9.58. The molecule has 1 N–H and O–H groups in total. The fourth-order valence-corrected chi connectivity index (χ4v) is 3.25. The SMILES string of the molecule is Cc1cc(N(C)CCc2ccncc2)nc(NCCC2=CCCCC2)n1. The first kappa shape index (κ1) is 18.4. The van der Waals surface area contributed by atoms with Crippen LogP contribution in [-0.4, -0.2) is 35.1 Å². The first-order chi connectivity index (χ1) is 12.7. The van der Waals surface area contributed by atoms with E-state index in [-0.39, 0.29) is 0 Å². The lowest BCUT2D eigenvalue weighted by Crippen LogP contribution is -2.22. The van der Waals surface area contributed by atoms with E-state index in [1.807, 2.05) is 25.4 Å². The molecule has 1 aliphatic carbocycles. The van der Waals surface area contributed by atoms with Crippen LogP contribution in [0.2, 0.25) is 0 Å². The van der Waals surface area contributed by atoms with Crippen molar-refractivity contribution in [2.24, 2.45) is 0 Å². The van der Waals surface area contributed by atoms with Crippen molar-refractivity contribution in [1.29, 1.82) is 0 Å². The summed E-state index contributed by atoms with van der Waals surface area (Å²) in [5.41, 5.74) is 3.85. The second kappa shape index (κ2) is 9.32. The van der Waals surface area contributed by atoms with Gasteiger partial charge in [0.25, 0.3) is 0 Å². The topological polar surface area (TPSA) is 53.9 Å². The summed E-state index contributed by atoms with van der Waals surface area (Å²) in [6, 6.07) is 6.17. The van der Waals surface area contributed by atoms with Crippen LogP contribution in [0, 0.1) is 6.92 Å². The van der Waals surface area contributed by atoms with Crippen molar-refractivity contribution in [3.63, 3.8) is 0 Å². The van der Waals surface area contributed by atoms with Gasteiger partial charge in [-0.2, -0.15) is 4.98 Å². The number of hydrogen-bond acceptors (Lipinski definition) is 5. The van der Waals surface area contributed by atoms with Crippen LogP contribution in [0.1, 0.15) is 43.4 Å². The normalized spacial score (nSPS) is 14.0. The monoisotopic (exact) mass is 351 g/mol. The minimum absolute atomic E-state index is 0.729. The molecule has 5 heteroatoms. The minimum Gasteiger partial charge on any atom is -0.359 e. The van der Waals surface area contributed by atoms with E-state index in [0.717, 1.165) is 43.4 Å². The highest BCUT2D eigenvalue weighted by Crippen LogP contribution is 2.20.